The molecule has 16 heavy (non-hydrogen) atoms. The van der Waals surface area contributed by atoms with Gasteiger partial charge in [0.05, 0.1) is 0 Å². The average molecular weight is 243 g/mol. The molecule has 8 heteroatoms. The molecule has 1 amide bonds. The van der Waals surface area contributed by atoms with Crippen LogP contribution in [0.4, 0.5) is 13.2 Å². The standard InChI is InChI=1S/C8H12F3NO4/c1-7(2,6(14)15)12-5(13)3-16-4-8(9,10)11/h3-4H2,1-2H3,(H,12,13)(H,14,15). The van der Waals surface area contributed by atoms with Gasteiger partial charge in [0.15, 0.2) is 0 Å². The van der Waals surface area contributed by atoms with Crippen LogP contribution in [0.1, 0.15) is 13.8 Å². The van der Waals surface area contributed by atoms with E-state index in [9.17, 15) is 22.8 Å². The molecule has 0 unspecified atom stereocenters. The predicted octanol–water partition coefficient (Wildman–Crippen LogP) is 0.545. The second kappa shape index (κ2) is 5.15. The first-order chi connectivity index (χ1) is 7.04. The zero-order chi connectivity index (χ0) is 13.0. The zero-order valence-electron chi connectivity index (χ0n) is 8.72. The summed E-state index contributed by atoms with van der Waals surface area (Å²) in [6.07, 6.45) is -4.51. The lowest BCUT2D eigenvalue weighted by molar-refractivity contribution is -0.176. The van der Waals surface area contributed by atoms with E-state index in [4.69, 9.17) is 5.11 Å². The van der Waals surface area contributed by atoms with Crippen molar-refractivity contribution >= 4 is 11.9 Å². The number of rotatable bonds is 5. The number of aliphatic carboxylic acids is 1. The van der Waals surface area contributed by atoms with E-state index < -0.39 is 36.8 Å². The Labute approximate surface area is 89.6 Å². The number of carbonyl (C=O) groups excluding carboxylic acids is 1. The molecular weight excluding hydrogens is 231 g/mol. The van der Waals surface area contributed by atoms with Crippen LogP contribution in [0.15, 0.2) is 0 Å². The molecule has 0 aliphatic carbocycles. The molecule has 0 aromatic rings. The number of carboxylic acid groups (broad SMARTS) is 1. The first-order valence-electron chi connectivity index (χ1n) is 4.23. The topological polar surface area (TPSA) is 75.6 Å². The number of alkyl halides is 3. The maximum absolute atomic E-state index is 11.6. The summed E-state index contributed by atoms with van der Waals surface area (Å²) in [7, 11) is 0. The van der Waals surface area contributed by atoms with Crippen LogP contribution >= 0.6 is 0 Å². The van der Waals surface area contributed by atoms with E-state index in [0.717, 1.165) is 0 Å². The largest absolute Gasteiger partial charge is 0.480 e. The minimum Gasteiger partial charge on any atom is -0.480 e. The van der Waals surface area contributed by atoms with E-state index in [1.165, 1.54) is 13.8 Å². The number of carbonyl (C=O) groups is 2. The maximum atomic E-state index is 11.6. The molecule has 0 aromatic heterocycles. The van der Waals surface area contributed by atoms with Gasteiger partial charge >= 0.3 is 12.1 Å². The molecule has 0 saturated carbocycles. The number of amides is 1. The van der Waals surface area contributed by atoms with Crippen LogP contribution in [-0.4, -0.2) is 41.9 Å². The number of carboxylic acids is 1. The molecule has 5 nitrogen and oxygen atoms in total. The van der Waals surface area contributed by atoms with E-state index in [1.54, 1.807) is 0 Å². The van der Waals surface area contributed by atoms with Crippen LogP contribution in [-0.2, 0) is 14.3 Å². The van der Waals surface area contributed by atoms with Gasteiger partial charge in [0.2, 0.25) is 5.91 Å². The summed E-state index contributed by atoms with van der Waals surface area (Å²) in [6, 6.07) is 0. The van der Waals surface area contributed by atoms with Gasteiger partial charge in [0, 0.05) is 0 Å². The van der Waals surface area contributed by atoms with Gasteiger partial charge in [-0.2, -0.15) is 13.2 Å². The molecule has 0 atom stereocenters. The normalized spacial score (nSPS) is 12.3. The quantitative estimate of drug-likeness (QED) is 0.739. The highest BCUT2D eigenvalue weighted by atomic mass is 19.4. The summed E-state index contributed by atoms with van der Waals surface area (Å²) in [5.41, 5.74) is -1.54. The molecule has 0 aliphatic heterocycles. The van der Waals surface area contributed by atoms with Crippen molar-refractivity contribution in [3.05, 3.63) is 0 Å². The average Bonchev–Trinajstić information content (AvgIpc) is 1.99. The van der Waals surface area contributed by atoms with Crippen molar-refractivity contribution in [1.29, 1.82) is 0 Å². The highest BCUT2D eigenvalue weighted by Gasteiger charge is 2.30. The number of hydrogen-bond donors (Lipinski definition) is 2. The summed E-state index contributed by atoms with van der Waals surface area (Å²) in [6.45, 7) is 0.0259. The summed E-state index contributed by atoms with van der Waals surface area (Å²) >= 11 is 0. The summed E-state index contributed by atoms with van der Waals surface area (Å²) < 4.78 is 38.9. The third-order valence-corrected chi connectivity index (χ3v) is 1.49. The highest BCUT2D eigenvalue weighted by molar-refractivity contribution is 5.86. The fourth-order valence-corrected chi connectivity index (χ4v) is 0.698. The Hall–Kier alpha value is -1.31. The maximum Gasteiger partial charge on any atom is 0.411 e. The van der Waals surface area contributed by atoms with Crippen LogP contribution in [0.2, 0.25) is 0 Å². The van der Waals surface area contributed by atoms with Crippen molar-refractivity contribution in [2.75, 3.05) is 13.2 Å². The predicted molar refractivity (Wildman–Crippen MR) is 46.7 cm³/mol. The monoisotopic (exact) mass is 243 g/mol. The second-order valence-electron chi connectivity index (χ2n) is 3.59. The Kier molecular flexibility index (Phi) is 4.73. The third-order valence-electron chi connectivity index (χ3n) is 1.49. The van der Waals surface area contributed by atoms with Crippen molar-refractivity contribution in [3.8, 4) is 0 Å². The number of ether oxygens (including phenoxy) is 1. The molecule has 0 bridgehead atoms. The van der Waals surface area contributed by atoms with E-state index >= 15 is 0 Å². The van der Waals surface area contributed by atoms with Gasteiger partial charge in [0.1, 0.15) is 18.8 Å². The molecule has 0 fully saturated rings. The minimum absolute atomic E-state index is 0.837. The lowest BCUT2D eigenvalue weighted by Crippen LogP contribution is -2.50. The molecular formula is C8H12F3NO4. The van der Waals surface area contributed by atoms with Crippen molar-refractivity contribution in [2.45, 2.75) is 25.6 Å². The Bertz CT molecular complexity index is 275. The lowest BCUT2D eigenvalue weighted by atomic mass is 10.1. The minimum atomic E-state index is -4.51. The zero-order valence-corrected chi connectivity index (χ0v) is 8.72. The summed E-state index contributed by atoms with van der Waals surface area (Å²) in [5.74, 6) is -2.21. The fourth-order valence-electron chi connectivity index (χ4n) is 0.698. The van der Waals surface area contributed by atoms with Crippen LogP contribution in [0.25, 0.3) is 0 Å². The molecule has 0 radical (unpaired) electrons. The van der Waals surface area contributed by atoms with Crippen LogP contribution < -0.4 is 5.32 Å². The van der Waals surface area contributed by atoms with Gasteiger partial charge in [0.25, 0.3) is 0 Å². The van der Waals surface area contributed by atoms with Gasteiger partial charge in [-0.05, 0) is 13.8 Å². The molecule has 0 saturated heterocycles. The van der Waals surface area contributed by atoms with E-state index in [0.29, 0.717) is 0 Å². The van der Waals surface area contributed by atoms with Gasteiger partial charge in [-0.3, -0.25) is 4.79 Å². The summed E-state index contributed by atoms with van der Waals surface area (Å²) in [4.78, 5) is 21.5. The Balaban J connectivity index is 3.97. The highest BCUT2D eigenvalue weighted by Crippen LogP contribution is 2.14. The van der Waals surface area contributed by atoms with Crippen LogP contribution in [0.3, 0.4) is 0 Å². The Morgan fingerprint density at radius 2 is 1.81 bits per heavy atom. The van der Waals surface area contributed by atoms with Crippen molar-refractivity contribution in [3.63, 3.8) is 0 Å². The lowest BCUT2D eigenvalue weighted by Gasteiger charge is -2.20. The van der Waals surface area contributed by atoms with Crippen molar-refractivity contribution in [1.82, 2.24) is 5.32 Å². The molecule has 0 aromatic carbocycles. The number of halogens is 3. The first kappa shape index (κ1) is 14.7. The van der Waals surface area contributed by atoms with Gasteiger partial charge < -0.3 is 15.2 Å². The van der Waals surface area contributed by atoms with E-state index in [2.05, 4.69) is 4.74 Å². The Morgan fingerprint density at radius 1 is 1.31 bits per heavy atom. The van der Waals surface area contributed by atoms with Gasteiger partial charge in [-0.1, -0.05) is 0 Å². The number of nitrogens with one attached hydrogen (secondary N) is 1. The molecule has 0 heterocycles. The van der Waals surface area contributed by atoms with Crippen LogP contribution in [0, 0.1) is 0 Å². The third kappa shape index (κ3) is 6.23. The SMILES string of the molecule is CC(C)(NC(=O)COCC(F)(F)F)C(=O)O. The Morgan fingerprint density at radius 3 is 2.19 bits per heavy atom. The smallest absolute Gasteiger partial charge is 0.411 e. The van der Waals surface area contributed by atoms with Crippen molar-refractivity contribution < 1.29 is 32.6 Å². The second-order valence-corrected chi connectivity index (χ2v) is 3.59. The summed E-state index contributed by atoms with van der Waals surface area (Å²) in [5, 5.41) is 10.6. The molecule has 0 rings (SSSR count). The van der Waals surface area contributed by atoms with Gasteiger partial charge in [-0.25, -0.2) is 4.79 Å². The fraction of sp³-hybridized carbons (Fsp3) is 0.750. The van der Waals surface area contributed by atoms with Crippen molar-refractivity contribution in [2.24, 2.45) is 0 Å². The van der Waals surface area contributed by atoms with Gasteiger partial charge in [-0.15, -0.1) is 0 Å². The molecule has 0 aliphatic rings. The van der Waals surface area contributed by atoms with E-state index in [-0.39, 0.29) is 0 Å². The molecule has 0 spiro atoms. The molecule has 94 valence electrons. The molecule has 2 N–H and O–H groups in total. The number of hydrogen-bond acceptors (Lipinski definition) is 3. The van der Waals surface area contributed by atoms with Crippen LogP contribution in [0.5, 0.6) is 0 Å². The first-order valence-corrected chi connectivity index (χ1v) is 4.23. The van der Waals surface area contributed by atoms with E-state index in [1.807, 2.05) is 5.32 Å².